The molecule has 2 aromatic carbocycles. The summed E-state index contributed by atoms with van der Waals surface area (Å²) in [5.41, 5.74) is 1.85. The summed E-state index contributed by atoms with van der Waals surface area (Å²) >= 11 is 0. The second-order valence-electron chi connectivity index (χ2n) is 7.38. The number of phenolic OH excluding ortho intramolecular Hbond substituents is 1. The van der Waals surface area contributed by atoms with Crippen molar-refractivity contribution in [2.75, 3.05) is 11.5 Å². The minimum absolute atomic E-state index is 0.0577. The molecule has 1 aliphatic heterocycles. The number of aromatic hydroxyl groups is 1. The van der Waals surface area contributed by atoms with Gasteiger partial charge in [-0.2, -0.15) is 0 Å². The predicted molar refractivity (Wildman–Crippen MR) is 119 cm³/mol. The lowest BCUT2D eigenvalue weighted by Crippen LogP contribution is -2.30. The topological polar surface area (TPSA) is 100.0 Å². The molecule has 0 spiro atoms. The lowest BCUT2D eigenvalue weighted by atomic mass is 9.94. The minimum atomic E-state index is -0.953. The van der Waals surface area contributed by atoms with Gasteiger partial charge in [-0.25, -0.2) is 4.98 Å². The summed E-state index contributed by atoms with van der Waals surface area (Å²) in [4.78, 5) is 31.7. The zero-order valence-electron chi connectivity index (χ0n) is 17.6. The van der Waals surface area contributed by atoms with Crippen molar-refractivity contribution in [2.24, 2.45) is 0 Å². The molecule has 2 N–H and O–H groups in total. The summed E-state index contributed by atoms with van der Waals surface area (Å²) in [7, 11) is 0. The fraction of sp³-hybridized carbons (Fsp3) is 0.160. The van der Waals surface area contributed by atoms with Crippen LogP contribution < -0.4 is 9.64 Å². The zero-order valence-corrected chi connectivity index (χ0v) is 17.6. The molecular formula is C25H22N2O5. The van der Waals surface area contributed by atoms with Crippen LogP contribution in [-0.4, -0.2) is 33.5 Å². The number of hydrogen-bond donors (Lipinski definition) is 2. The molecule has 1 atom stereocenters. The Morgan fingerprint density at radius 2 is 1.84 bits per heavy atom. The van der Waals surface area contributed by atoms with Crippen LogP contribution in [0.15, 0.2) is 72.4 Å². The van der Waals surface area contributed by atoms with Crippen LogP contribution in [-0.2, 0) is 9.59 Å². The summed E-state index contributed by atoms with van der Waals surface area (Å²) < 4.78 is 5.49. The second-order valence-corrected chi connectivity index (χ2v) is 7.38. The largest absolute Gasteiger partial charge is 0.507 e. The molecule has 1 amide bonds. The number of amides is 1. The third kappa shape index (κ3) is 3.69. The maximum Gasteiger partial charge on any atom is 0.301 e. The number of carbonyl (C=O) groups excluding carboxylic acids is 2. The van der Waals surface area contributed by atoms with Crippen molar-refractivity contribution in [1.29, 1.82) is 0 Å². The van der Waals surface area contributed by atoms with Crippen LogP contribution in [0.3, 0.4) is 0 Å². The first kappa shape index (κ1) is 21.1. The number of aliphatic hydroxyl groups excluding tert-OH is 1. The van der Waals surface area contributed by atoms with Crippen LogP contribution in [0.5, 0.6) is 11.5 Å². The molecule has 1 saturated heterocycles. The van der Waals surface area contributed by atoms with Crippen LogP contribution in [0.4, 0.5) is 5.82 Å². The molecule has 0 radical (unpaired) electrons. The fourth-order valence-corrected chi connectivity index (χ4v) is 3.72. The van der Waals surface area contributed by atoms with Crippen molar-refractivity contribution in [1.82, 2.24) is 4.98 Å². The van der Waals surface area contributed by atoms with E-state index in [4.69, 9.17) is 4.74 Å². The Labute approximate surface area is 185 Å². The minimum Gasteiger partial charge on any atom is -0.507 e. The monoisotopic (exact) mass is 430 g/mol. The highest BCUT2D eigenvalue weighted by molar-refractivity contribution is 6.51. The van der Waals surface area contributed by atoms with E-state index in [9.17, 15) is 19.8 Å². The standard InChI is InChI=1S/C25H22N2O5/c1-3-32-19-14-17(11-12-18(19)28)22-21(23(29)16-9-7-15(2)8-10-16)24(30)25(31)27(22)20-6-4-5-13-26-20/h4-14,22,28-29H,3H2,1-2H3/b23-21+. The number of anilines is 1. The molecule has 1 aliphatic rings. The highest BCUT2D eigenvalue weighted by Crippen LogP contribution is 2.43. The Balaban J connectivity index is 1.95. The van der Waals surface area contributed by atoms with Crippen LogP contribution >= 0.6 is 0 Å². The fourth-order valence-electron chi connectivity index (χ4n) is 3.72. The van der Waals surface area contributed by atoms with Crippen molar-refractivity contribution in [3.8, 4) is 11.5 Å². The first-order valence-corrected chi connectivity index (χ1v) is 10.2. The van der Waals surface area contributed by atoms with E-state index >= 15 is 0 Å². The number of aryl methyl sites for hydroxylation is 1. The van der Waals surface area contributed by atoms with Gasteiger partial charge in [0.05, 0.1) is 18.2 Å². The Kier molecular flexibility index (Phi) is 5.64. The van der Waals surface area contributed by atoms with E-state index in [1.54, 1.807) is 49.4 Å². The molecule has 32 heavy (non-hydrogen) atoms. The first-order chi connectivity index (χ1) is 15.4. The van der Waals surface area contributed by atoms with Crippen LogP contribution in [0.2, 0.25) is 0 Å². The average molecular weight is 430 g/mol. The van der Waals surface area contributed by atoms with Crippen molar-refractivity contribution in [2.45, 2.75) is 19.9 Å². The molecule has 7 nitrogen and oxygen atoms in total. The van der Waals surface area contributed by atoms with Crippen molar-refractivity contribution >= 4 is 23.3 Å². The SMILES string of the molecule is CCOc1cc(C2/C(=C(\O)c3ccc(C)cc3)C(=O)C(=O)N2c2ccccn2)ccc1O. The first-order valence-electron chi connectivity index (χ1n) is 10.2. The Hall–Kier alpha value is -4.13. The second kappa shape index (κ2) is 8.55. The molecule has 4 rings (SSSR count). The zero-order chi connectivity index (χ0) is 22.8. The number of aromatic nitrogens is 1. The normalized spacial score (nSPS) is 17.6. The highest BCUT2D eigenvalue weighted by Gasteiger charge is 2.47. The summed E-state index contributed by atoms with van der Waals surface area (Å²) in [6, 6.07) is 15.7. The number of aliphatic hydroxyl groups is 1. The summed E-state index contributed by atoms with van der Waals surface area (Å²) in [6.07, 6.45) is 1.52. The maximum atomic E-state index is 13.1. The van der Waals surface area contributed by atoms with Crippen molar-refractivity contribution < 1.29 is 24.5 Å². The maximum absolute atomic E-state index is 13.1. The van der Waals surface area contributed by atoms with Gasteiger partial charge in [-0.15, -0.1) is 0 Å². The number of pyridine rings is 1. The van der Waals surface area contributed by atoms with Gasteiger partial charge in [0.1, 0.15) is 11.6 Å². The molecule has 0 aliphatic carbocycles. The van der Waals surface area contributed by atoms with E-state index in [2.05, 4.69) is 4.98 Å². The summed E-state index contributed by atoms with van der Waals surface area (Å²) in [5.74, 6) is -1.47. The van der Waals surface area contributed by atoms with Gasteiger partial charge in [0, 0.05) is 11.8 Å². The molecule has 1 fully saturated rings. The van der Waals surface area contributed by atoms with E-state index in [1.165, 1.54) is 17.2 Å². The third-order valence-electron chi connectivity index (χ3n) is 5.26. The Morgan fingerprint density at radius 3 is 2.50 bits per heavy atom. The Morgan fingerprint density at radius 1 is 1.09 bits per heavy atom. The van der Waals surface area contributed by atoms with Gasteiger partial charge in [0.25, 0.3) is 5.78 Å². The number of phenols is 1. The van der Waals surface area contributed by atoms with Crippen LogP contribution in [0.25, 0.3) is 5.76 Å². The van der Waals surface area contributed by atoms with Gasteiger partial charge in [-0.05, 0) is 43.7 Å². The van der Waals surface area contributed by atoms with Gasteiger partial charge >= 0.3 is 5.91 Å². The number of Topliss-reactive ketones (excluding diaryl/α,β-unsaturated/α-hetero) is 1. The third-order valence-corrected chi connectivity index (χ3v) is 5.26. The smallest absolute Gasteiger partial charge is 0.301 e. The van der Waals surface area contributed by atoms with Gasteiger partial charge < -0.3 is 14.9 Å². The number of ether oxygens (including phenoxy) is 1. The van der Waals surface area contributed by atoms with Crippen LogP contribution in [0.1, 0.15) is 29.7 Å². The van der Waals surface area contributed by atoms with Gasteiger partial charge in [0.15, 0.2) is 11.5 Å². The van der Waals surface area contributed by atoms with E-state index in [0.29, 0.717) is 17.7 Å². The molecule has 2 heterocycles. The predicted octanol–water partition coefficient (Wildman–Crippen LogP) is 4.12. The average Bonchev–Trinajstić information content (AvgIpc) is 3.06. The summed E-state index contributed by atoms with van der Waals surface area (Å²) in [6.45, 7) is 4.01. The molecule has 1 unspecified atom stereocenters. The van der Waals surface area contributed by atoms with Crippen molar-refractivity contribution in [3.63, 3.8) is 0 Å². The molecule has 0 saturated carbocycles. The Bertz CT molecular complexity index is 1200. The quantitative estimate of drug-likeness (QED) is 0.359. The van der Waals surface area contributed by atoms with E-state index in [-0.39, 0.29) is 28.6 Å². The lowest BCUT2D eigenvalue weighted by molar-refractivity contribution is -0.132. The molecule has 1 aromatic heterocycles. The molecule has 0 bridgehead atoms. The van der Waals surface area contributed by atoms with E-state index in [1.807, 2.05) is 19.1 Å². The van der Waals surface area contributed by atoms with Gasteiger partial charge in [-0.3, -0.25) is 14.5 Å². The van der Waals surface area contributed by atoms with Crippen molar-refractivity contribution in [3.05, 3.63) is 89.1 Å². The van der Waals surface area contributed by atoms with Gasteiger partial charge in [0.2, 0.25) is 0 Å². The van der Waals surface area contributed by atoms with E-state index < -0.39 is 17.7 Å². The lowest BCUT2D eigenvalue weighted by Gasteiger charge is -2.25. The van der Waals surface area contributed by atoms with Crippen LogP contribution in [0, 0.1) is 6.92 Å². The molecular weight excluding hydrogens is 408 g/mol. The number of benzene rings is 2. The number of hydrogen-bond acceptors (Lipinski definition) is 6. The molecule has 7 heteroatoms. The molecule has 162 valence electrons. The summed E-state index contributed by atoms with van der Waals surface area (Å²) in [5, 5.41) is 21.2. The number of carbonyl (C=O) groups is 2. The highest BCUT2D eigenvalue weighted by atomic mass is 16.5. The molecule has 3 aromatic rings. The number of rotatable bonds is 5. The number of nitrogens with zero attached hydrogens (tertiary/aromatic N) is 2. The van der Waals surface area contributed by atoms with Gasteiger partial charge in [-0.1, -0.05) is 42.0 Å². The number of ketones is 1. The van der Waals surface area contributed by atoms with E-state index in [0.717, 1.165) is 5.56 Å².